The van der Waals surface area contributed by atoms with Crippen LogP contribution in [0.3, 0.4) is 0 Å². The van der Waals surface area contributed by atoms with E-state index in [9.17, 15) is 0 Å². The lowest BCUT2D eigenvalue weighted by atomic mass is 10.4. The van der Waals surface area contributed by atoms with E-state index >= 15 is 0 Å². The summed E-state index contributed by atoms with van der Waals surface area (Å²) in [5, 5.41) is 0. The van der Waals surface area contributed by atoms with E-state index in [0.29, 0.717) is 0 Å². The van der Waals surface area contributed by atoms with E-state index in [2.05, 4.69) is 23.9 Å². The average Bonchev–Trinajstić information content (AvgIpc) is 1.77. The van der Waals surface area contributed by atoms with Crippen LogP contribution in [0, 0.1) is 0 Å². The maximum Gasteiger partial charge on any atom is 0.0107 e. The Morgan fingerprint density at radius 1 is 0.700 bits per heavy atom. The van der Waals surface area contributed by atoms with Gasteiger partial charge in [0.2, 0.25) is 0 Å². The summed E-state index contributed by atoms with van der Waals surface area (Å²) in [6, 6.07) is 0. The Kier molecular flexibility index (Phi) is 7.38. The fraction of sp³-hybridized carbons (Fsp3) is 1.00. The monoisotopic (exact) mass is 136 g/mol. The Morgan fingerprint density at radius 2 is 0.900 bits per heavy atom. The van der Waals surface area contributed by atoms with Crippen molar-refractivity contribution in [3.05, 3.63) is 0 Å². The lowest BCUT2D eigenvalue weighted by Gasteiger charge is -2.28. The molecule has 0 atom stereocenters. The van der Waals surface area contributed by atoms with Gasteiger partial charge in [0.05, 0.1) is 0 Å². The van der Waals surface area contributed by atoms with Crippen molar-refractivity contribution in [2.75, 3.05) is 40.3 Å². The fourth-order valence-electron chi connectivity index (χ4n) is 0.906. The molecule has 1 aliphatic heterocycles. The van der Waals surface area contributed by atoms with E-state index in [-0.39, 0.29) is 16.8 Å². The predicted molar refractivity (Wildman–Crippen MR) is 46.5 cm³/mol. The Bertz CT molecular complexity index is 62.1. The number of nitrogens with zero attached hydrogens (tertiary/aromatic N) is 2. The minimum Gasteiger partial charge on any atom is -0.304 e. The quantitative estimate of drug-likeness (QED) is 0.398. The summed E-state index contributed by atoms with van der Waals surface area (Å²) in [5.74, 6) is 0. The molecule has 0 aliphatic carbocycles. The van der Waals surface area contributed by atoms with Crippen molar-refractivity contribution in [3.8, 4) is 0 Å². The van der Waals surface area contributed by atoms with Gasteiger partial charge in [-0.1, -0.05) is 0 Å². The molecule has 10 heavy (non-hydrogen) atoms. The molecule has 0 aromatic rings. The first kappa shape index (κ1) is 12.7. The topological polar surface area (TPSA) is 6.48 Å². The molecule has 1 fully saturated rings. The number of rotatable bonds is 0. The van der Waals surface area contributed by atoms with Crippen LogP contribution in [0.5, 0.6) is 0 Å². The van der Waals surface area contributed by atoms with E-state index in [1.54, 1.807) is 0 Å². The number of hydrogen-bond donors (Lipinski definition) is 0. The first-order chi connectivity index (χ1) is 3.79. The third kappa shape index (κ3) is 3.96. The van der Waals surface area contributed by atoms with Crippen molar-refractivity contribution >= 4 is 16.8 Å². The molecule has 4 heteroatoms. The summed E-state index contributed by atoms with van der Waals surface area (Å²) < 4.78 is 0. The second-order valence-corrected chi connectivity index (χ2v) is 2.61. The zero-order valence-electron chi connectivity index (χ0n) is 6.88. The van der Waals surface area contributed by atoms with Crippen LogP contribution in [-0.4, -0.2) is 66.9 Å². The first-order valence-corrected chi connectivity index (χ1v) is 3.16. The first-order valence-electron chi connectivity index (χ1n) is 3.16. The van der Waals surface area contributed by atoms with E-state index < -0.39 is 0 Å². The maximum absolute atomic E-state index is 2.36. The van der Waals surface area contributed by atoms with Gasteiger partial charge in [-0.15, -0.1) is 0 Å². The van der Waals surface area contributed by atoms with Gasteiger partial charge in [0.1, 0.15) is 0 Å². The molecule has 2 nitrogen and oxygen atoms in total. The van der Waals surface area contributed by atoms with Crippen molar-refractivity contribution < 1.29 is 0 Å². The van der Waals surface area contributed by atoms with Crippen LogP contribution < -0.4 is 0 Å². The third-order valence-electron chi connectivity index (χ3n) is 1.73. The van der Waals surface area contributed by atoms with Crippen molar-refractivity contribution in [1.82, 2.24) is 9.80 Å². The summed E-state index contributed by atoms with van der Waals surface area (Å²) >= 11 is 0. The molecule has 6 radical (unpaired) electrons. The van der Waals surface area contributed by atoms with Gasteiger partial charge in [0.25, 0.3) is 0 Å². The maximum atomic E-state index is 2.36. The molecule has 0 aromatic heterocycles. The van der Waals surface area contributed by atoms with E-state index in [1.165, 1.54) is 26.2 Å². The lowest BCUT2D eigenvalue weighted by molar-refractivity contribution is 0.181. The van der Waals surface area contributed by atoms with Gasteiger partial charge in [-0.05, 0) is 14.1 Å². The van der Waals surface area contributed by atoms with Gasteiger partial charge >= 0.3 is 0 Å². The van der Waals surface area contributed by atoms with Crippen LogP contribution in [0.15, 0.2) is 0 Å². The molecule has 54 valence electrons. The minimum absolute atomic E-state index is 0. The van der Waals surface area contributed by atoms with Gasteiger partial charge < -0.3 is 9.80 Å². The van der Waals surface area contributed by atoms with Crippen LogP contribution in [0.25, 0.3) is 0 Å². The third-order valence-corrected chi connectivity index (χ3v) is 1.73. The van der Waals surface area contributed by atoms with E-state index in [4.69, 9.17) is 0 Å². The SMILES string of the molecule is CN1CCN(C)CC1.[B].[B]. The normalized spacial score (nSPS) is 21.0. The molecule has 0 spiro atoms. The van der Waals surface area contributed by atoms with Crippen LogP contribution in [0.2, 0.25) is 0 Å². The zero-order valence-corrected chi connectivity index (χ0v) is 6.88. The molecule has 0 unspecified atom stereocenters. The van der Waals surface area contributed by atoms with Crippen LogP contribution >= 0.6 is 0 Å². The van der Waals surface area contributed by atoms with Gasteiger partial charge in [0, 0.05) is 43.0 Å². The molecule has 0 saturated carbocycles. The van der Waals surface area contributed by atoms with Gasteiger partial charge in [-0.3, -0.25) is 0 Å². The van der Waals surface area contributed by atoms with Gasteiger partial charge in [-0.2, -0.15) is 0 Å². The van der Waals surface area contributed by atoms with Crippen molar-refractivity contribution in [3.63, 3.8) is 0 Å². The number of piperazine rings is 1. The molecule has 1 heterocycles. The second kappa shape index (κ2) is 5.81. The van der Waals surface area contributed by atoms with Crippen LogP contribution in [-0.2, 0) is 0 Å². The highest BCUT2D eigenvalue weighted by Gasteiger charge is 2.07. The fourth-order valence-corrected chi connectivity index (χ4v) is 0.906. The van der Waals surface area contributed by atoms with E-state index in [1.807, 2.05) is 0 Å². The second-order valence-electron chi connectivity index (χ2n) is 2.61. The van der Waals surface area contributed by atoms with E-state index in [0.717, 1.165) is 0 Å². The van der Waals surface area contributed by atoms with Crippen molar-refractivity contribution in [2.45, 2.75) is 0 Å². The predicted octanol–water partition coefficient (Wildman–Crippen LogP) is -0.898. The molecule has 0 aromatic carbocycles. The highest BCUT2D eigenvalue weighted by Crippen LogP contribution is 1.93. The van der Waals surface area contributed by atoms with Crippen molar-refractivity contribution in [2.24, 2.45) is 0 Å². The molecule has 0 bridgehead atoms. The number of likely N-dealkylation sites (N-methyl/N-ethyl adjacent to an activating group) is 2. The van der Waals surface area contributed by atoms with Crippen LogP contribution in [0.4, 0.5) is 0 Å². The summed E-state index contributed by atoms with van der Waals surface area (Å²) in [5.41, 5.74) is 0. The van der Waals surface area contributed by atoms with Crippen LogP contribution in [0.1, 0.15) is 0 Å². The minimum atomic E-state index is 0. The number of hydrogen-bond acceptors (Lipinski definition) is 2. The Morgan fingerprint density at radius 3 is 1.10 bits per heavy atom. The molecule has 0 N–H and O–H groups in total. The van der Waals surface area contributed by atoms with Gasteiger partial charge in [0.15, 0.2) is 0 Å². The molecular formula is C6H14B2N2. The zero-order chi connectivity index (χ0) is 5.98. The smallest absolute Gasteiger partial charge is 0.0107 e. The summed E-state index contributed by atoms with van der Waals surface area (Å²) in [7, 11) is 4.35. The Balaban J connectivity index is 0. The van der Waals surface area contributed by atoms with Crippen molar-refractivity contribution in [1.29, 1.82) is 0 Å². The lowest BCUT2D eigenvalue weighted by Crippen LogP contribution is -2.42. The molecular weight excluding hydrogens is 122 g/mol. The molecule has 0 amide bonds. The summed E-state index contributed by atoms with van der Waals surface area (Å²) in [6.45, 7) is 4.93. The molecule has 1 rings (SSSR count). The molecule has 1 aliphatic rings. The average molecular weight is 136 g/mol. The Labute approximate surface area is 67.7 Å². The standard InChI is InChI=1S/C6H14N2.2B/c1-7-3-5-8(2)6-4-7;;/h3-6H2,1-2H3;;. The Hall–Kier alpha value is 0.0499. The highest BCUT2D eigenvalue weighted by molar-refractivity contribution is 5.76. The molecule has 1 saturated heterocycles. The highest BCUT2D eigenvalue weighted by atomic mass is 15.2. The van der Waals surface area contributed by atoms with Gasteiger partial charge in [-0.25, -0.2) is 0 Å². The summed E-state index contributed by atoms with van der Waals surface area (Å²) in [6.07, 6.45) is 0. The summed E-state index contributed by atoms with van der Waals surface area (Å²) in [4.78, 5) is 4.72. The largest absolute Gasteiger partial charge is 0.304 e.